The maximum atomic E-state index is 12.3. The summed E-state index contributed by atoms with van der Waals surface area (Å²) >= 11 is 0. The summed E-state index contributed by atoms with van der Waals surface area (Å²) in [6.07, 6.45) is 6.34. The van der Waals surface area contributed by atoms with Crippen molar-refractivity contribution in [2.45, 2.75) is 31.7 Å². The van der Waals surface area contributed by atoms with E-state index < -0.39 is 0 Å². The average Bonchev–Trinajstić information content (AvgIpc) is 3.36. The van der Waals surface area contributed by atoms with Gasteiger partial charge in [0.25, 0.3) is 5.91 Å². The summed E-state index contributed by atoms with van der Waals surface area (Å²) in [5, 5.41) is 3.06. The number of carbonyl (C=O) groups is 1. The molecule has 1 amide bonds. The summed E-state index contributed by atoms with van der Waals surface area (Å²) in [6, 6.07) is 10.5. The van der Waals surface area contributed by atoms with Gasteiger partial charge in [0, 0.05) is 25.8 Å². The van der Waals surface area contributed by atoms with Crippen molar-refractivity contribution in [1.82, 2.24) is 10.2 Å². The van der Waals surface area contributed by atoms with E-state index in [1.54, 1.807) is 12.1 Å². The SMILES string of the molecule is CN1CCCc2cc(C(CNC(=O)c3ccco3)N3CCCC3)ccc21. The van der Waals surface area contributed by atoms with Crippen LogP contribution in [0.3, 0.4) is 0 Å². The van der Waals surface area contributed by atoms with Crippen LogP contribution in [0.4, 0.5) is 5.69 Å². The van der Waals surface area contributed by atoms with Gasteiger partial charge in [0.2, 0.25) is 0 Å². The molecule has 1 aromatic carbocycles. The van der Waals surface area contributed by atoms with Crippen molar-refractivity contribution in [2.75, 3.05) is 38.1 Å². The Hall–Kier alpha value is -2.27. The Kier molecular flexibility index (Phi) is 4.98. The minimum absolute atomic E-state index is 0.142. The number of fused-ring (bicyclic) bond motifs is 1. The molecule has 2 aliphatic heterocycles. The third-order valence-corrected chi connectivity index (χ3v) is 5.62. The van der Waals surface area contributed by atoms with E-state index in [1.807, 2.05) is 0 Å². The van der Waals surface area contributed by atoms with Crippen molar-refractivity contribution in [3.63, 3.8) is 0 Å². The molecule has 1 saturated heterocycles. The quantitative estimate of drug-likeness (QED) is 0.897. The lowest BCUT2D eigenvalue weighted by atomic mass is 9.96. The van der Waals surface area contributed by atoms with Gasteiger partial charge in [-0.2, -0.15) is 0 Å². The van der Waals surface area contributed by atoms with Crippen LogP contribution < -0.4 is 10.2 Å². The summed E-state index contributed by atoms with van der Waals surface area (Å²) in [4.78, 5) is 17.1. The Balaban J connectivity index is 1.54. The van der Waals surface area contributed by atoms with Gasteiger partial charge in [0.15, 0.2) is 5.76 Å². The molecule has 0 bridgehead atoms. The molecule has 3 heterocycles. The van der Waals surface area contributed by atoms with Crippen molar-refractivity contribution in [1.29, 1.82) is 0 Å². The molecular formula is C21H27N3O2. The second kappa shape index (κ2) is 7.54. The molecule has 4 rings (SSSR count). The first-order valence-corrected chi connectivity index (χ1v) is 9.62. The Morgan fingerprint density at radius 1 is 1.19 bits per heavy atom. The van der Waals surface area contributed by atoms with Crippen LogP contribution in [0.15, 0.2) is 41.0 Å². The molecule has 1 fully saturated rings. The maximum absolute atomic E-state index is 12.3. The average molecular weight is 353 g/mol. The number of nitrogens with zero attached hydrogens (tertiary/aromatic N) is 2. The molecule has 0 radical (unpaired) electrons. The maximum Gasteiger partial charge on any atom is 0.287 e. The number of nitrogens with one attached hydrogen (secondary N) is 1. The first-order valence-electron chi connectivity index (χ1n) is 9.62. The van der Waals surface area contributed by atoms with Gasteiger partial charge in [0.05, 0.1) is 12.3 Å². The Morgan fingerprint density at radius 3 is 2.81 bits per heavy atom. The highest BCUT2D eigenvalue weighted by molar-refractivity contribution is 5.91. The predicted molar refractivity (Wildman–Crippen MR) is 103 cm³/mol. The van der Waals surface area contributed by atoms with Crippen LogP contribution in [-0.2, 0) is 6.42 Å². The van der Waals surface area contributed by atoms with Crippen LogP contribution in [0.2, 0.25) is 0 Å². The number of anilines is 1. The highest BCUT2D eigenvalue weighted by Gasteiger charge is 2.26. The van der Waals surface area contributed by atoms with Crippen molar-refractivity contribution >= 4 is 11.6 Å². The zero-order chi connectivity index (χ0) is 17.9. The number of rotatable bonds is 5. The molecule has 5 nitrogen and oxygen atoms in total. The Bertz CT molecular complexity index is 751. The number of hydrogen-bond donors (Lipinski definition) is 1. The van der Waals surface area contributed by atoms with E-state index in [-0.39, 0.29) is 11.9 Å². The summed E-state index contributed by atoms with van der Waals surface area (Å²) < 4.78 is 5.21. The van der Waals surface area contributed by atoms with Gasteiger partial charge in [-0.25, -0.2) is 0 Å². The second-order valence-electron chi connectivity index (χ2n) is 7.36. The van der Waals surface area contributed by atoms with Gasteiger partial charge in [-0.05, 0) is 68.1 Å². The van der Waals surface area contributed by atoms with E-state index in [0.717, 1.165) is 26.1 Å². The van der Waals surface area contributed by atoms with Gasteiger partial charge in [-0.15, -0.1) is 0 Å². The summed E-state index contributed by atoms with van der Waals surface area (Å²) in [5.74, 6) is 0.231. The Labute approximate surface area is 155 Å². The van der Waals surface area contributed by atoms with Gasteiger partial charge in [-0.1, -0.05) is 12.1 Å². The molecule has 1 N–H and O–H groups in total. The smallest absolute Gasteiger partial charge is 0.287 e. The second-order valence-corrected chi connectivity index (χ2v) is 7.36. The van der Waals surface area contributed by atoms with Crippen LogP contribution in [0.5, 0.6) is 0 Å². The van der Waals surface area contributed by atoms with Gasteiger partial charge < -0.3 is 14.6 Å². The number of hydrogen-bond acceptors (Lipinski definition) is 4. The van der Waals surface area contributed by atoms with Gasteiger partial charge in [-0.3, -0.25) is 9.69 Å². The van der Waals surface area contributed by atoms with Gasteiger partial charge in [0.1, 0.15) is 0 Å². The summed E-state index contributed by atoms with van der Waals surface area (Å²) in [5.41, 5.74) is 4.08. The number of benzene rings is 1. The minimum Gasteiger partial charge on any atom is -0.459 e. The number of amides is 1. The van der Waals surface area contributed by atoms with E-state index >= 15 is 0 Å². The molecule has 0 aliphatic carbocycles. The van der Waals surface area contributed by atoms with E-state index in [4.69, 9.17) is 4.42 Å². The highest BCUT2D eigenvalue weighted by atomic mass is 16.3. The molecule has 0 spiro atoms. The van der Waals surface area contributed by atoms with E-state index in [1.165, 1.54) is 42.3 Å². The fourth-order valence-corrected chi connectivity index (χ4v) is 4.21. The third kappa shape index (κ3) is 3.49. The van der Waals surface area contributed by atoms with Gasteiger partial charge >= 0.3 is 0 Å². The van der Waals surface area contributed by atoms with E-state index in [2.05, 4.69) is 40.4 Å². The normalized spacial score (nSPS) is 18.6. The lowest BCUT2D eigenvalue weighted by Crippen LogP contribution is -2.37. The molecule has 5 heteroatoms. The van der Waals surface area contributed by atoms with Crippen LogP contribution in [0.1, 0.15) is 47.0 Å². The van der Waals surface area contributed by atoms with Crippen LogP contribution in [0, 0.1) is 0 Å². The number of aryl methyl sites for hydroxylation is 1. The highest BCUT2D eigenvalue weighted by Crippen LogP contribution is 2.31. The Morgan fingerprint density at radius 2 is 2.04 bits per heavy atom. The van der Waals surface area contributed by atoms with Crippen molar-refractivity contribution in [3.05, 3.63) is 53.5 Å². The largest absolute Gasteiger partial charge is 0.459 e. The van der Waals surface area contributed by atoms with Crippen molar-refractivity contribution in [2.24, 2.45) is 0 Å². The molecular weight excluding hydrogens is 326 g/mol. The molecule has 0 saturated carbocycles. The van der Waals surface area contributed by atoms with Crippen molar-refractivity contribution < 1.29 is 9.21 Å². The van der Waals surface area contributed by atoms with E-state index in [9.17, 15) is 4.79 Å². The number of furan rings is 1. The zero-order valence-electron chi connectivity index (χ0n) is 15.4. The third-order valence-electron chi connectivity index (χ3n) is 5.62. The topological polar surface area (TPSA) is 48.7 Å². The number of likely N-dealkylation sites (tertiary alicyclic amines) is 1. The zero-order valence-corrected chi connectivity index (χ0v) is 15.4. The summed E-state index contributed by atoms with van der Waals surface area (Å²) in [6.45, 7) is 3.92. The first-order chi connectivity index (χ1) is 12.7. The molecule has 138 valence electrons. The molecule has 2 aliphatic rings. The molecule has 1 aromatic heterocycles. The van der Waals surface area contributed by atoms with Crippen LogP contribution >= 0.6 is 0 Å². The fraction of sp³-hybridized carbons (Fsp3) is 0.476. The molecule has 1 unspecified atom stereocenters. The predicted octanol–water partition coefficient (Wildman–Crippen LogP) is 3.23. The number of carbonyl (C=O) groups excluding carboxylic acids is 1. The van der Waals surface area contributed by atoms with E-state index in [0.29, 0.717) is 12.3 Å². The molecule has 1 atom stereocenters. The monoisotopic (exact) mass is 353 g/mol. The van der Waals surface area contributed by atoms with Crippen LogP contribution in [-0.4, -0.2) is 44.0 Å². The molecule has 26 heavy (non-hydrogen) atoms. The molecule has 2 aromatic rings. The summed E-state index contributed by atoms with van der Waals surface area (Å²) in [7, 11) is 2.17. The first kappa shape index (κ1) is 17.2. The van der Waals surface area contributed by atoms with Crippen LogP contribution in [0.25, 0.3) is 0 Å². The minimum atomic E-state index is -0.142. The lowest BCUT2D eigenvalue weighted by Gasteiger charge is -2.31. The standard InChI is InChI=1S/C21H27N3O2/c1-23-10-4-6-16-14-17(8-9-18(16)23)19(24-11-2-3-12-24)15-22-21(25)20-7-5-13-26-20/h5,7-9,13-14,19H,2-4,6,10-12,15H2,1H3,(H,22,25). The lowest BCUT2D eigenvalue weighted by molar-refractivity contribution is 0.0910. The van der Waals surface area contributed by atoms with Crippen molar-refractivity contribution in [3.8, 4) is 0 Å². The fourth-order valence-electron chi connectivity index (χ4n) is 4.21.